The van der Waals surface area contributed by atoms with E-state index in [0.29, 0.717) is 19.5 Å². The van der Waals surface area contributed by atoms with Crippen LogP contribution in [0.3, 0.4) is 0 Å². The Morgan fingerprint density at radius 2 is 1.91 bits per heavy atom. The lowest BCUT2D eigenvalue weighted by molar-refractivity contribution is -0.146. The molecule has 2 amide bonds. The zero-order valence-electron chi connectivity index (χ0n) is 13.3. The fraction of sp³-hybridized carbons (Fsp3) is 0.529. The average Bonchev–Trinajstić information content (AvgIpc) is 2.92. The van der Waals surface area contributed by atoms with Crippen LogP contribution in [0.2, 0.25) is 0 Å². The summed E-state index contributed by atoms with van der Waals surface area (Å²) in [5, 5.41) is 12.1. The first-order valence-electron chi connectivity index (χ1n) is 7.78. The van der Waals surface area contributed by atoms with Crippen molar-refractivity contribution in [1.82, 2.24) is 10.2 Å². The second-order valence-corrected chi connectivity index (χ2v) is 6.19. The van der Waals surface area contributed by atoms with E-state index in [4.69, 9.17) is 0 Å². The number of benzene rings is 1. The quantitative estimate of drug-likeness (QED) is 0.877. The van der Waals surface area contributed by atoms with Crippen LogP contribution in [0.4, 0.5) is 4.79 Å². The molecule has 5 heteroatoms. The van der Waals surface area contributed by atoms with Crippen molar-refractivity contribution in [2.45, 2.75) is 33.1 Å². The Hall–Kier alpha value is -2.04. The summed E-state index contributed by atoms with van der Waals surface area (Å²) in [6.45, 7) is 5.15. The molecule has 0 bridgehead atoms. The summed E-state index contributed by atoms with van der Waals surface area (Å²) >= 11 is 0. The van der Waals surface area contributed by atoms with Gasteiger partial charge in [-0.25, -0.2) is 4.79 Å². The number of nitrogens with zero attached hydrogens (tertiary/aromatic N) is 1. The summed E-state index contributed by atoms with van der Waals surface area (Å²) in [7, 11) is 0. The van der Waals surface area contributed by atoms with Gasteiger partial charge in [-0.2, -0.15) is 0 Å². The van der Waals surface area contributed by atoms with Crippen LogP contribution in [0.5, 0.6) is 0 Å². The normalized spacial score (nSPS) is 20.9. The van der Waals surface area contributed by atoms with E-state index in [1.807, 2.05) is 0 Å². The molecule has 120 valence electrons. The molecule has 0 spiro atoms. The van der Waals surface area contributed by atoms with E-state index in [0.717, 1.165) is 12.8 Å². The Balaban J connectivity index is 1.77. The van der Waals surface area contributed by atoms with Crippen LogP contribution < -0.4 is 5.32 Å². The molecule has 22 heavy (non-hydrogen) atoms. The van der Waals surface area contributed by atoms with Gasteiger partial charge in [0.1, 0.15) is 0 Å². The maximum absolute atomic E-state index is 12.1. The number of aryl methyl sites for hydroxylation is 1. The molecule has 1 aliphatic rings. The predicted octanol–water partition coefficient (Wildman–Crippen LogP) is 2.30. The zero-order chi connectivity index (χ0) is 16.2. The zero-order valence-corrected chi connectivity index (χ0v) is 13.3. The molecule has 1 heterocycles. The van der Waals surface area contributed by atoms with E-state index in [9.17, 15) is 14.7 Å². The average molecular weight is 304 g/mol. The number of hydrogen-bond acceptors (Lipinski definition) is 2. The van der Waals surface area contributed by atoms with Crippen LogP contribution in [0.1, 0.15) is 31.4 Å². The molecule has 2 N–H and O–H groups in total. The third-order valence-electron chi connectivity index (χ3n) is 4.40. The number of carboxylic acids is 1. The molecule has 2 rings (SSSR count). The van der Waals surface area contributed by atoms with E-state index in [1.54, 1.807) is 11.8 Å². The van der Waals surface area contributed by atoms with Crippen molar-refractivity contribution in [1.29, 1.82) is 0 Å². The van der Waals surface area contributed by atoms with Gasteiger partial charge in [0.2, 0.25) is 0 Å². The van der Waals surface area contributed by atoms with Gasteiger partial charge in [0, 0.05) is 19.6 Å². The Kier molecular flexibility index (Phi) is 5.06. The van der Waals surface area contributed by atoms with Crippen molar-refractivity contribution >= 4 is 12.0 Å². The summed E-state index contributed by atoms with van der Waals surface area (Å²) in [5.74, 6) is -0.834. The molecule has 1 unspecified atom stereocenters. The van der Waals surface area contributed by atoms with Gasteiger partial charge in [-0.3, -0.25) is 4.79 Å². The Morgan fingerprint density at radius 1 is 1.27 bits per heavy atom. The molecule has 1 fully saturated rings. The highest BCUT2D eigenvalue weighted by Gasteiger charge is 2.42. The van der Waals surface area contributed by atoms with Crippen molar-refractivity contribution in [3.05, 3.63) is 35.4 Å². The number of amides is 2. The van der Waals surface area contributed by atoms with Gasteiger partial charge in [-0.05, 0) is 37.3 Å². The molecule has 0 saturated carbocycles. The van der Waals surface area contributed by atoms with Gasteiger partial charge in [-0.15, -0.1) is 0 Å². The first-order chi connectivity index (χ1) is 10.4. The van der Waals surface area contributed by atoms with Crippen LogP contribution in [0.15, 0.2) is 24.3 Å². The highest BCUT2D eigenvalue weighted by Crippen LogP contribution is 2.29. The van der Waals surface area contributed by atoms with Crippen molar-refractivity contribution in [3.63, 3.8) is 0 Å². The first-order valence-corrected chi connectivity index (χ1v) is 7.78. The van der Waals surface area contributed by atoms with Gasteiger partial charge in [-0.1, -0.05) is 31.2 Å². The molecule has 1 aromatic carbocycles. The summed E-state index contributed by atoms with van der Waals surface area (Å²) in [4.78, 5) is 24.8. The number of carboxylic acid groups (broad SMARTS) is 1. The number of likely N-dealkylation sites (tertiary alicyclic amines) is 1. The highest BCUT2D eigenvalue weighted by atomic mass is 16.4. The van der Waals surface area contributed by atoms with Gasteiger partial charge >= 0.3 is 12.0 Å². The second-order valence-electron chi connectivity index (χ2n) is 6.19. The fourth-order valence-corrected chi connectivity index (χ4v) is 2.68. The molecular weight excluding hydrogens is 280 g/mol. The lowest BCUT2D eigenvalue weighted by atomic mass is 9.90. The molecule has 1 aromatic rings. The van der Waals surface area contributed by atoms with Crippen LogP contribution in [0, 0.1) is 5.41 Å². The minimum Gasteiger partial charge on any atom is -0.481 e. The Bertz CT molecular complexity index is 541. The van der Waals surface area contributed by atoms with Crippen LogP contribution in [0.25, 0.3) is 0 Å². The van der Waals surface area contributed by atoms with Gasteiger partial charge in [0.05, 0.1) is 5.41 Å². The molecule has 0 aromatic heterocycles. The molecular formula is C17H24N2O3. The van der Waals surface area contributed by atoms with Crippen molar-refractivity contribution in [3.8, 4) is 0 Å². The maximum Gasteiger partial charge on any atom is 0.317 e. The second kappa shape index (κ2) is 6.81. The van der Waals surface area contributed by atoms with Gasteiger partial charge < -0.3 is 15.3 Å². The number of carbonyl (C=O) groups is 2. The number of rotatable bonds is 5. The summed E-state index contributed by atoms with van der Waals surface area (Å²) in [6.07, 6.45) is 2.31. The molecule has 1 saturated heterocycles. The third-order valence-corrected chi connectivity index (χ3v) is 4.40. The van der Waals surface area contributed by atoms with E-state index in [2.05, 4.69) is 36.5 Å². The number of urea groups is 1. The Labute approximate surface area is 131 Å². The van der Waals surface area contributed by atoms with E-state index in [1.165, 1.54) is 11.1 Å². The van der Waals surface area contributed by atoms with Crippen molar-refractivity contribution in [2.24, 2.45) is 5.41 Å². The van der Waals surface area contributed by atoms with Crippen molar-refractivity contribution in [2.75, 3.05) is 19.6 Å². The smallest absolute Gasteiger partial charge is 0.317 e. The minimum absolute atomic E-state index is 0.171. The predicted molar refractivity (Wildman–Crippen MR) is 84.9 cm³/mol. The summed E-state index contributed by atoms with van der Waals surface area (Å²) in [5.41, 5.74) is 1.68. The van der Waals surface area contributed by atoms with Gasteiger partial charge in [0.25, 0.3) is 0 Å². The highest BCUT2D eigenvalue weighted by molar-refractivity contribution is 5.79. The number of nitrogens with one attached hydrogen (secondary N) is 1. The van der Waals surface area contributed by atoms with Crippen LogP contribution in [-0.2, 0) is 17.6 Å². The topological polar surface area (TPSA) is 69.6 Å². The van der Waals surface area contributed by atoms with Gasteiger partial charge in [0.15, 0.2) is 0 Å². The first kappa shape index (κ1) is 16.3. The minimum atomic E-state index is -0.834. The number of hydrogen-bond donors (Lipinski definition) is 2. The van der Waals surface area contributed by atoms with Crippen LogP contribution in [-0.4, -0.2) is 41.6 Å². The van der Waals surface area contributed by atoms with E-state index in [-0.39, 0.29) is 12.6 Å². The molecule has 1 atom stereocenters. The molecule has 0 aliphatic carbocycles. The summed E-state index contributed by atoms with van der Waals surface area (Å²) < 4.78 is 0. The molecule has 1 aliphatic heterocycles. The Morgan fingerprint density at radius 3 is 2.45 bits per heavy atom. The third kappa shape index (κ3) is 3.78. The van der Waals surface area contributed by atoms with Crippen LogP contribution >= 0.6 is 0 Å². The number of aliphatic carboxylic acids is 1. The fourth-order valence-electron chi connectivity index (χ4n) is 2.68. The van der Waals surface area contributed by atoms with Crippen molar-refractivity contribution < 1.29 is 14.7 Å². The monoisotopic (exact) mass is 304 g/mol. The SMILES string of the molecule is CCc1ccc(CCNC(=O)N2CCC(C)(C(=O)O)C2)cc1. The number of carbonyl (C=O) groups excluding carboxylic acids is 1. The van der Waals surface area contributed by atoms with E-state index >= 15 is 0 Å². The lowest BCUT2D eigenvalue weighted by Crippen LogP contribution is -2.41. The molecule has 0 radical (unpaired) electrons. The maximum atomic E-state index is 12.1. The van der Waals surface area contributed by atoms with E-state index < -0.39 is 11.4 Å². The lowest BCUT2D eigenvalue weighted by Gasteiger charge is -2.20. The summed E-state index contributed by atoms with van der Waals surface area (Å²) in [6, 6.07) is 8.21. The molecule has 5 nitrogen and oxygen atoms in total. The standard InChI is InChI=1S/C17H24N2O3/c1-3-13-4-6-14(7-5-13)8-10-18-16(22)19-11-9-17(2,12-19)15(20)21/h4-7H,3,8-12H2,1-2H3,(H,18,22)(H,20,21). The largest absolute Gasteiger partial charge is 0.481 e.